The second-order valence-corrected chi connectivity index (χ2v) is 2.60. The zero-order valence-corrected chi connectivity index (χ0v) is 7.13. The van der Waals surface area contributed by atoms with Crippen LogP contribution in [-0.4, -0.2) is 18.2 Å². The van der Waals surface area contributed by atoms with Crippen molar-refractivity contribution in [3.8, 4) is 0 Å². The average molecular weight is 158 g/mol. The number of nitrogens with two attached hydrogens (primary N) is 1. The van der Waals surface area contributed by atoms with Crippen LogP contribution in [0.3, 0.4) is 0 Å². The SMILES string of the molecule is C/C(CN)=N/OC(=O)C(C)C. The lowest BCUT2D eigenvalue weighted by Gasteiger charge is -2.00. The minimum absolute atomic E-state index is 0.149. The molecular weight excluding hydrogens is 144 g/mol. The summed E-state index contributed by atoms with van der Waals surface area (Å²) in [6.45, 7) is 5.50. The zero-order chi connectivity index (χ0) is 8.85. The first-order valence-electron chi connectivity index (χ1n) is 3.52. The number of rotatable bonds is 3. The van der Waals surface area contributed by atoms with Crippen LogP contribution < -0.4 is 5.73 Å². The van der Waals surface area contributed by atoms with Crippen molar-refractivity contribution in [2.75, 3.05) is 6.54 Å². The minimum atomic E-state index is -0.335. The predicted molar refractivity (Wildman–Crippen MR) is 43.1 cm³/mol. The van der Waals surface area contributed by atoms with Crippen molar-refractivity contribution in [3.05, 3.63) is 0 Å². The maximum Gasteiger partial charge on any atom is 0.337 e. The van der Waals surface area contributed by atoms with E-state index >= 15 is 0 Å². The second kappa shape index (κ2) is 4.85. The summed E-state index contributed by atoms with van der Waals surface area (Å²) < 4.78 is 0. The predicted octanol–water partition coefficient (Wildman–Crippen LogP) is 0.520. The van der Waals surface area contributed by atoms with Crippen LogP contribution in [0, 0.1) is 5.92 Å². The number of carbonyl (C=O) groups is 1. The fourth-order valence-corrected chi connectivity index (χ4v) is 0.266. The van der Waals surface area contributed by atoms with E-state index in [2.05, 4.69) is 9.99 Å². The van der Waals surface area contributed by atoms with Crippen LogP contribution in [0.1, 0.15) is 20.8 Å². The van der Waals surface area contributed by atoms with E-state index in [0.717, 1.165) is 0 Å². The Balaban J connectivity index is 3.78. The molecule has 0 aliphatic heterocycles. The molecule has 0 aliphatic rings. The molecule has 4 heteroatoms. The van der Waals surface area contributed by atoms with Crippen molar-refractivity contribution in [3.63, 3.8) is 0 Å². The summed E-state index contributed by atoms with van der Waals surface area (Å²) in [7, 11) is 0. The Kier molecular flexibility index (Phi) is 4.45. The Morgan fingerprint density at radius 2 is 2.18 bits per heavy atom. The molecular formula is C7H14N2O2. The first-order chi connectivity index (χ1) is 5.07. The quantitative estimate of drug-likeness (QED) is 0.370. The third kappa shape index (κ3) is 4.50. The number of oxime groups is 1. The van der Waals surface area contributed by atoms with Crippen LogP contribution in [0.2, 0.25) is 0 Å². The standard InChI is InChI=1S/C7H14N2O2/c1-5(2)7(10)11-9-6(3)4-8/h5H,4,8H2,1-3H3/b9-6-. The number of hydrogen-bond acceptors (Lipinski definition) is 4. The third-order valence-electron chi connectivity index (χ3n) is 1.06. The van der Waals surface area contributed by atoms with E-state index in [1.165, 1.54) is 0 Å². The highest BCUT2D eigenvalue weighted by Crippen LogP contribution is 1.95. The van der Waals surface area contributed by atoms with Gasteiger partial charge in [-0.25, -0.2) is 4.79 Å². The van der Waals surface area contributed by atoms with Gasteiger partial charge in [0.05, 0.1) is 11.6 Å². The van der Waals surface area contributed by atoms with Gasteiger partial charge in [0.15, 0.2) is 0 Å². The molecule has 0 saturated carbocycles. The van der Waals surface area contributed by atoms with Gasteiger partial charge in [0.1, 0.15) is 0 Å². The first kappa shape index (κ1) is 10.1. The summed E-state index contributed by atoms with van der Waals surface area (Å²) in [6.07, 6.45) is 0. The van der Waals surface area contributed by atoms with E-state index < -0.39 is 0 Å². The summed E-state index contributed by atoms with van der Waals surface area (Å²) in [5, 5.41) is 3.51. The van der Waals surface area contributed by atoms with Crippen LogP contribution in [0.15, 0.2) is 5.16 Å². The molecule has 0 bridgehead atoms. The van der Waals surface area contributed by atoms with E-state index in [1.807, 2.05) is 0 Å². The maximum atomic E-state index is 10.8. The summed E-state index contributed by atoms with van der Waals surface area (Å²) in [4.78, 5) is 15.3. The topological polar surface area (TPSA) is 64.7 Å². The number of carbonyl (C=O) groups excluding carboxylic acids is 1. The van der Waals surface area contributed by atoms with Crippen molar-refractivity contribution in [1.82, 2.24) is 0 Å². The highest BCUT2D eigenvalue weighted by Gasteiger charge is 2.07. The van der Waals surface area contributed by atoms with Gasteiger partial charge in [-0.2, -0.15) is 0 Å². The van der Waals surface area contributed by atoms with Crippen LogP contribution in [0.4, 0.5) is 0 Å². The summed E-state index contributed by atoms with van der Waals surface area (Å²) in [6, 6.07) is 0. The van der Waals surface area contributed by atoms with E-state index in [-0.39, 0.29) is 11.9 Å². The summed E-state index contributed by atoms with van der Waals surface area (Å²) in [5.41, 5.74) is 5.82. The lowest BCUT2D eigenvalue weighted by atomic mass is 10.2. The molecule has 0 aromatic carbocycles. The van der Waals surface area contributed by atoms with Gasteiger partial charge in [-0.3, -0.25) is 0 Å². The Morgan fingerprint density at radius 1 is 1.64 bits per heavy atom. The lowest BCUT2D eigenvalue weighted by molar-refractivity contribution is -0.147. The van der Waals surface area contributed by atoms with Crippen molar-refractivity contribution >= 4 is 11.7 Å². The third-order valence-corrected chi connectivity index (χ3v) is 1.06. The Hall–Kier alpha value is -0.900. The van der Waals surface area contributed by atoms with Gasteiger partial charge in [-0.15, -0.1) is 0 Å². The van der Waals surface area contributed by atoms with E-state index in [9.17, 15) is 4.79 Å². The Bertz CT molecular complexity index is 164. The molecule has 0 atom stereocenters. The van der Waals surface area contributed by atoms with E-state index in [0.29, 0.717) is 12.3 Å². The molecule has 0 aromatic rings. The Morgan fingerprint density at radius 3 is 2.55 bits per heavy atom. The van der Waals surface area contributed by atoms with Gasteiger partial charge < -0.3 is 10.6 Å². The van der Waals surface area contributed by atoms with Crippen molar-refractivity contribution in [2.24, 2.45) is 16.8 Å². The summed E-state index contributed by atoms with van der Waals surface area (Å²) in [5.74, 6) is -0.484. The van der Waals surface area contributed by atoms with Gasteiger partial charge in [0.2, 0.25) is 0 Å². The molecule has 0 rings (SSSR count). The smallest absolute Gasteiger partial charge is 0.325 e. The van der Waals surface area contributed by atoms with Gasteiger partial charge in [0.25, 0.3) is 0 Å². The van der Waals surface area contributed by atoms with Crippen molar-refractivity contribution in [1.29, 1.82) is 0 Å². The lowest BCUT2D eigenvalue weighted by Crippen LogP contribution is -2.13. The Labute approximate surface area is 66.4 Å². The normalized spacial score (nSPS) is 11.9. The maximum absolute atomic E-state index is 10.8. The van der Waals surface area contributed by atoms with E-state index in [1.54, 1.807) is 20.8 Å². The molecule has 0 heterocycles. The zero-order valence-electron chi connectivity index (χ0n) is 7.13. The number of nitrogens with zero attached hydrogens (tertiary/aromatic N) is 1. The van der Waals surface area contributed by atoms with Gasteiger partial charge in [0, 0.05) is 6.54 Å². The largest absolute Gasteiger partial charge is 0.337 e. The molecule has 0 amide bonds. The summed E-state index contributed by atoms with van der Waals surface area (Å²) >= 11 is 0. The average Bonchev–Trinajstić information content (AvgIpc) is 1.99. The van der Waals surface area contributed by atoms with Gasteiger partial charge >= 0.3 is 5.97 Å². The molecule has 0 aromatic heterocycles. The second-order valence-electron chi connectivity index (χ2n) is 2.60. The first-order valence-corrected chi connectivity index (χ1v) is 3.52. The van der Waals surface area contributed by atoms with Crippen LogP contribution >= 0.6 is 0 Å². The van der Waals surface area contributed by atoms with Gasteiger partial charge in [-0.1, -0.05) is 19.0 Å². The highest BCUT2D eigenvalue weighted by atomic mass is 16.7. The molecule has 0 aliphatic carbocycles. The van der Waals surface area contributed by atoms with Crippen LogP contribution in [0.5, 0.6) is 0 Å². The molecule has 0 unspecified atom stereocenters. The molecule has 0 radical (unpaired) electrons. The molecule has 11 heavy (non-hydrogen) atoms. The van der Waals surface area contributed by atoms with Crippen molar-refractivity contribution < 1.29 is 9.63 Å². The number of hydrogen-bond donors (Lipinski definition) is 1. The van der Waals surface area contributed by atoms with Gasteiger partial charge in [-0.05, 0) is 6.92 Å². The van der Waals surface area contributed by atoms with Crippen molar-refractivity contribution in [2.45, 2.75) is 20.8 Å². The fourth-order valence-electron chi connectivity index (χ4n) is 0.266. The fraction of sp³-hybridized carbons (Fsp3) is 0.714. The molecule has 4 nitrogen and oxygen atoms in total. The minimum Gasteiger partial charge on any atom is -0.325 e. The molecule has 0 saturated heterocycles. The molecule has 64 valence electrons. The van der Waals surface area contributed by atoms with E-state index in [4.69, 9.17) is 5.73 Å². The molecule has 0 fully saturated rings. The monoisotopic (exact) mass is 158 g/mol. The van der Waals surface area contributed by atoms with Crippen LogP contribution in [0.25, 0.3) is 0 Å². The molecule has 2 N–H and O–H groups in total. The molecule has 0 spiro atoms. The highest BCUT2D eigenvalue weighted by molar-refractivity contribution is 5.84. The van der Waals surface area contributed by atoms with Crippen LogP contribution in [-0.2, 0) is 9.63 Å².